The molecule has 1 N–H and O–H groups in total. The number of aliphatic carboxylic acids is 1. The summed E-state index contributed by atoms with van der Waals surface area (Å²) in [5, 5.41) is 11.8. The van der Waals surface area contributed by atoms with E-state index in [1.807, 2.05) is 0 Å². The maximum atomic E-state index is 11.3. The van der Waals surface area contributed by atoms with Crippen LogP contribution in [-0.2, 0) is 11.3 Å². The molecule has 0 aromatic heterocycles. The number of piperidine rings is 1. The summed E-state index contributed by atoms with van der Waals surface area (Å²) in [6, 6.07) is 14.7. The van der Waals surface area contributed by atoms with Gasteiger partial charge in [0.2, 0.25) is 0 Å². The Morgan fingerprint density at radius 3 is 2.76 bits per heavy atom. The molecule has 0 spiro atoms. The number of likely N-dealkylation sites (tertiary alicyclic amines) is 1. The third-order valence-electron chi connectivity index (χ3n) is 4.36. The van der Waals surface area contributed by atoms with Crippen LogP contribution in [0, 0.1) is 11.8 Å². The molecule has 1 aliphatic heterocycles. The fourth-order valence-electron chi connectivity index (χ4n) is 3.44. The van der Waals surface area contributed by atoms with Crippen LogP contribution in [0.25, 0.3) is 10.8 Å². The van der Waals surface area contributed by atoms with Gasteiger partial charge in [-0.05, 0) is 28.7 Å². The Kier molecular flexibility index (Phi) is 3.93. The number of hydrogen-bond acceptors (Lipinski definition) is 2. The van der Waals surface area contributed by atoms with Crippen LogP contribution in [0.1, 0.15) is 18.9 Å². The first-order chi connectivity index (χ1) is 10.1. The summed E-state index contributed by atoms with van der Waals surface area (Å²) >= 11 is 0. The second-order valence-corrected chi connectivity index (χ2v) is 6.21. The first kappa shape index (κ1) is 14.1. The lowest BCUT2D eigenvalue weighted by atomic mass is 9.90. The van der Waals surface area contributed by atoms with Gasteiger partial charge in [0.15, 0.2) is 0 Å². The van der Waals surface area contributed by atoms with E-state index in [1.165, 1.54) is 16.3 Å². The Balaban J connectivity index is 1.83. The molecule has 1 saturated heterocycles. The van der Waals surface area contributed by atoms with Gasteiger partial charge in [0.1, 0.15) is 0 Å². The molecule has 0 saturated carbocycles. The molecule has 1 aliphatic rings. The molecule has 2 aromatic carbocycles. The van der Waals surface area contributed by atoms with E-state index in [0.717, 1.165) is 19.5 Å². The number of carboxylic acids is 1. The predicted molar refractivity (Wildman–Crippen MR) is 84.1 cm³/mol. The Hall–Kier alpha value is -1.87. The normalized spacial score (nSPS) is 23.3. The van der Waals surface area contributed by atoms with Crippen LogP contribution in [0.15, 0.2) is 42.5 Å². The van der Waals surface area contributed by atoms with Crippen molar-refractivity contribution in [1.82, 2.24) is 4.90 Å². The number of benzene rings is 2. The molecule has 0 amide bonds. The van der Waals surface area contributed by atoms with Gasteiger partial charge in [-0.25, -0.2) is 0 Å². The molecule has 2 atom stereocenters. The molecule has 0 bridgehead atoms. The van der Waals surface area contributed by atoms with Crippen molar-refractivity contribution in [2.24, 2.45) is 11.8 Å². The summed E-state index contributed by atoms with van der Waals surface area (Å²) in [5.41, 5.74) is 1.28. The van der Waals surface area contributed by atoms with E-state index in [4.69, 9.17) is 0 Å². The minimum absolute atomic E-state index is 0.233. The van der Waals surface area contributed by atoms with Crippen molar-refractivity contribution in [3.05, 3.63) is 48.0 Å². The number of nitrogens with zero attached hydrogens (tertiary/aromatic N) is 1. The highest BCUT2D eigenvalue weighted by atomic mass is 16.4. The van der Waals surface area contributed by atoms with Crippen molar-refractivity contribution in [2.45, 2.75) is 19.9 Å². The second-order valence-electron chi connectivity index (χ2n) is 6.21. The van der Waals surface area contributed by atoms with Crippen LogP contribution in [0.5, 0.6) is 0 Å². The van der Waals surface area contributed by atoms with Gasteiger partial charge < -0.3 is 5.11 Å². The summed E-state index contributed by atoms with van der Waals surface area (Å²) in [5.74, 6) is -0.456. The van der Waals surface area contributed by atoms with E-state index in [2.05, 4.69) is 54.3 Å². The number of rotatable bonds is 3. The van der Waals surface area contributed by atoms with E-state index in [9.17, 15) is 9.90 Å². The molecule has 1 heterocycles. The average molecular weight is 283 g/mol. The van der Waals surface area contributed by atoms with Gasteiger partial charge >= 0.3 is 5.97 Å². The zero-order chi connectivity index (χ0) is 14.8. The molecule has 110 valence electrons. The van der Waals surface area contributed by atoms with Crippen molar-refractivity contribution >= 4 is 16.7 Å². The van der Waals surface area contributed by atoms with Gasteiger partial charge in [0, 0.05) is 19.6 Å². The molecule has 3 rings (SSSR count). The first-order valence-corrected chi connectivity index (χ1v) is 7.55. The SMILES string of the molecule is CC1CC(C(=O)O)CN(Cc2cccc3ccccc23)C1. The van der Waals surface area contributed by atoms with Crippen LogP contribution in [-0.4, -0.2) is 29.1 Å². The predicted octanol–water partition coefficient (Wildman–Crippen LogP) is 3.38. The molecular weight excluding hydrogens is 262 g/mol. The number of hydrogen-bond donors (Lipinski definition) is 1. The maximum absolute atomic E-state index is 11.3. The van der Waals surface area contributed by atoms with Gasteiger partial charge in [-0.3, -0.25) is 9.69 Å². The van der Waals surface area contributed by atoms with Crippen molar-refractivity contribution in [2.75, 3.05) is 13.1 Å². The third kappa shape index (κ3) is 3.08. The highest BCUT2D eigenvalue weighted by Gasteiger charge is 2.29. The Morgan fingerprint density at radius 2 is 1.95 bits per heavy atom. The van der Waals surface area contributed by atoms with Crippen LogP contribution in [0.3, 0.4) is 0 Å². The highest BCUT2D eigenvalue weighted by molar-refractivity contribution is 5.85. The quantitative estimate of drug-likeness (QED) is 0.938. The number of carboxylic acid groups (broad SMARTS) is 1. The van der Waals surface area contributed by atoms with Crippen molar-refractivity contribution in [1.29, 1.82) is 0 Å². The molecule has 0 radical (unpaired) electrons. The topological polar surface area (TPSA) is 40.5 Å². The molecule has 21 heavy (non-hydrogen) atoms. The summed E-state index contributed by atoms with van der Waals surface area (Å²) in [4.78, 5) is 13.6. The fraction of sp³-hybridized carbons (Fsp3) is 0.389. The van der Waals surface area contributed by atoms with Crippen LogP contribution >= 0.6 is 0 Å². The van der Waals surface area contributed by atoms with Crippen LogP contribution < -0.4 is 0 Å². The van der Waals surface area contributed by atoms with Crippen LogP contribution in [0.2, 0.25) is 0 Å². The summed E-state index contributed by atoms with van der Waals surface area (Å²) in [7, 11) is 0. The van der Waals surface area contributed by atoms with Crippen molar-refractivity contribution in [3.63, 3.8) is 0 Å². The zero-order valence-electron chi connectivity index (χ0n) is 12.3. The molecule has 2 unspecified atom stereocenters. The van der Waals surface area contributed by atoms with Gasteiger partial charge in [-0.2, -0.15) is 0 Å². The largest absolute Gasteiger partial charge is 0.481 e. The van der Waals surface area contributed by atoms with Gasteiger partial charge in [-0.1, -0.05) is 49.4 Å². The molecular formula is C18H21NO2. The van der Waals surface area contributed by atoms with Crippen LogP contribution in [0.4, 0.5) is 0 Å². The van der Waals surface area contributed by atoms with Crippen molar-refractivity contribution in [3.8, 4) is 0 Å². The van der Waals surface area contributed by atoms with E-state index in [-0.39, 0.29) is 5.92 Å². The summed E-state index contributed by atoms with van der Waals surface area (Å²) in [6.45, 7) is 4.61. The Morgan fingerprint density at radius 1 is 1.19 bits per heavy atom. The molecule has 3 nitrogen and oxygen atoms in total. The lowest BCUT2D eigenvalue weighted by Crippen LogP contribution is -2.41. The Labute approximate surface area is 125 Å². The standard InChI is InChI=1S/C18H21NO2/c1-13-9-16(18(20)21)12-19(10-13)11-15-7-4-6-14-5-2-3-8-17(14)15/h2-8,13,16H,9-12H2,1H3,(H,20,21). The van der Waals surface area contributed by atoms with E-state index < -0.39 is 5.97 Å². The lowest BCUT2D eigenvalue weighted by Gasteiger charge is -2.34. The van der Waals surface area contributed by atoms with Gasteiger partial charge in [0.05, 0.1) is 5.92 Å². The molecule has 2 aromatic rings. The highest BCUT2D eigenvalue weighted by Crippen LogP contribution is 2.25. The second kappa shape index (κ2) is 5.86. The zero-order valence-corrected chi connectivity index (χ0v) is 12.3. The molecule has 0 aliphatic carbocycles. The number of carbonyl (C=O) groups is 1. The molecule has 3 heteroatoms. The average Bonchev–Trinajstić information content (AvgIpc) is 2.47. The first-order valence-electron chi connectivity index (χ1n) is 7.55. The molecule has 1 fully saturated rings. The smallest absolute Gasteiger partial charge is 0.307 e. The number of fused-ring (bicyclic) bond motifs is 1. The van der Waals surface area contributed by atoms with Crippen molar-refractivity contribution < 1.29 is 9.90 Å². The minimum Gasteiger partial charge on any atom is -0.481 e. The Bertz CT molecular complexity index is 647. The fourth-order valence-corrected chi connectivity index (χ4v) is 3.44. The minimum atomic E-state index is -0.663. The van der Waals surface area contributed by atoms with Gasteiger partial charge in [-0.15, -0.1) is 0 Å². The summed E-state index contributed by atoms with van der Waals surface area (Å²) in [6.07, 6.45) is 0.793. The summed E-state index contributed by atoms with van der Waals surface area (Å²) < 4.78 is 0. The monoisotopic (exact) mass is 283 g/mol. The van der Waals surface area contributed by atoms with E-state index in [0.29, 0.717) is 12.5 Å². The maximum Gasteiger partial charge on any atom is 0.307 e. The third-order valence-corrected chi connectivity index (χ3v) is 4.36. The van der Waals surface area contributed by atoms with E-state index >= 15 is 0 Å². The lowest BCUT2D eigenvalue weighted by molar-refractivity contribution is -0.144. The van der Waals surface area contributed by atoms with E-state index in [1.54, 1.807) is 0 Å². The van der Waals surface area contributed by atoms with Gasteiger partial charge in [0.25, 0.3) is 0 Å².